The molecule has 1 radical (unpaired) electrons. The maximum atomic E-state index is 11.8. The van der Waals surface area contributed by atoms with Crippen molar-refractivity contribution in [1.29, 1.82) is 0 Å². The minimum Gasteiger partial charge on any atom is -0.337 e. The number of carbonyl (C=O) groups excluding carboxylic acids is 1. The number of hydrogen-bond acceptors (Lipinski definition) is 3. The first kappa shape index (κ1) is 14.5. The lowest BCUT2D eigenvalue weighted by atomic mass is 10.2. The molecule has 0 atom stereocenters. The molecule has 2 N–H and O–H groups in total. The van der Waals surface area contributed by atoms with Gasteiger partial charge in [-0.2, -0.15) is 0 Å². The van der Waals surface area contributed by atoms with Crippen LogP contribution in [0.3, 0.4) is 0 Å². The van der Waals surface area contributed by atoms with Gasteiger partial charge in [0, 0.05) is 6.54 Å². The molecule has 0 saturated carbocycles. The summed E-state index contributed by atoms with van der Waals surface area (Å²) < 4.78 is 25.6. The van der Waals surface area contributed by atoms with Crippen molar-refractivity contribution >= 4 is 16.1 Å². The zero-order valence-electron chi connectivity index (χ0n) is 10.3. The van der Waals surface area contributed by atoms with Gasteiger partial charge in [0.05, 0.1) is 4.90 Å². The lowest BCUT2D eigenvalue weighted by Crippen LogP contribution is -2.39. The van der Waals surface area contributed by atoms with Gasteiger partial charge in [0.2, 0.25) is 0 Å². The SMILES string of the molecule is [CH2]CCCNC(=O)NS(=O)(=O)c1ccc(C)cc1. The molecule has 0 aliphatic rings. The van der Waals surface area contributed by atoms with Gasteiger partial charge in [-0.3, -0.25) is 0 Å². The van der Waals surface area contributed by atoms with Gasteiger partial charge in [0.25, 0.3) is 10.0 Å². The third kappa shape index (κ3) is 4.37. The van der Waals surface area contributed by atoms with Gasteiger partial charge < -0.3 is 5.32 Å². The molecule has 18 heavy (non-hydrogen) atoms. The molecule has 0 aromatic heterocycles. The Bertz CT molecular complexity index is 495. The predicted octanol–water partition coefficient (Wildman–Crippen LogP) is 1.60. The van der Waals surface area contributed by atoms with Crippen molar-refractivity contribution in [2.24, 2.45) is 0 Å². The number of hydrogen-bond donors (Lipinski definition) is 2. The van der Waals surface area contributed by atoms with E-state index in [1.54, 1.807) is 12.1 Å². The summed E-state index contributed by atoms with van der Waals surface area (Å²) in [5.41, 5.74) is 0.953. The van der Waals surface area contributed by atoms with Crippen LogP contribution >= 0.6 is 0 Å². The molecule has 2 amide bonds. The Labute approximate surface area is 108 Å². The van der Waals surface area contributed by atoms with Crippen LogP contribution in [0.15, 0.2) is 29.2 Å². The third-order valence-electron chi connectivity index (χ3n) is 2.27. The fourth-order valence-corrected chi connectivity index (χ4v) is 2.19. The van der Waals surface area contributed by atoms with Crippen LogP contribution in [0.1, 0.15) is 18.4 Å². The molecule has 99 valence electrons. The Hall–Kier alpha value is -1.56. The lowest BCUT2D eigenvalue weighted by Gasteiger charge is -2.08. The Balaban J connectivity index is 2.64. The highest BCUT2D eigenvalue weighted by Crippen LogP contribution is 2.09. The maximum absolute atomic E-state index is 11.8. The largest absolute Gasteiger partial charge is 0.337 e. The Morgan fingerprint density at radius 3 is 2.44 bits per heavy atom. The van der Waals surface area contributed by atoms with E-state index in [2.05, 4.69) is 12.2 Å². The van der Waals surface area contributed by atoms with E-state index >= 15 is 0 Å². The molecule has 0 unspecified atom stereocenters. The molecule has 0 heterocycles. The maximum Gasteiger partial charge on any atom is 0.328 e. The van der Waals surface area contributed by atoms with Gasteiger partial charge in [0.1, 0.15) is 0 Å². The zero-order chi connectivity index (χ0) is 13.6. The molecular formula is C12H17N2O3S. The Morgan fingerprint density at radius 2 is 1.89 bits per heavy atom. The number of benzene rings is 1. The molecule has 0 saturated heterocycles. The van der Waals surface area contributed by atoms with Crippen molar-refractivity contribution in [3.63, 3.8) is 0 Å². The average molecular weight is 269 g/mol. The summed E-state index contributed by atoms with van der Waals surface area (Å²) in [5.74, 6) is 0. The van der Waals surface area contributed by atoms with Crippen LogP contribution in [0.4, 0.5) is 4.79 Å². The fourth-order valence-electron chi connectivity index (χ4n) is 1.26. The van der Waals surface area contributed by atoms with Gasteiger partial charge in [0.15, 0.2) is 0 Å². The Kier molecular flexibility index (Phi) is 5.15. The lowest BCUT2D eigenvalue weighted by molar-refractivity contribution is 0.245. The first-order valence-corrected chi connectivity index (χ1v) is 7.10. The molecule has 1 aromatic rings. The molecule has 0 aliphatic carbocycles. The molecule has 0 bridgehead atoms. The number of rotatable bonds is 5. The number of unbranched alkanes of at least 4 members (excludes halogenated alkanes) is 1. The molecule has 1 rings (SSSR count). The van der Waals surface area contributed by atoms with Crippen molar-refractivity contribution in [3.05, 3.63) is 36.8 Å². The minimum absolute atomic E-state index is 0.0698. The third-order valence-corrected chi connectivity index (χ3v) is 3.62. The molecule has 0 fully saturated rings. The smallest absolute Gasteiger partial charge is 0.328 e. The van der Waals surface area contributed by atoms with E-state index in [0.717, 1.165) is 5.56 Å². The highest BCUT2D eigenvalue weighted by atomic mass is 32.2. The quantitative estimate of drug-likeness (QED) is 0.797. The van der Waals surface area contributed by atoms with Crippen LogP contribution in [0.5, 0.6) is 0 Å². The summed E-state index contributed by atoms with van der Waals surface area (Å²) in [6.07, 6.45) is 1.39. The zero-order valence-corrected chi connectivity index (χ0v) is 11.1. The summed E-state index contributed by atoms with van der Waals surface area (Å²) in [4.78, 5) is 11.4. The minimum atomic E-state index is -3.79. The summed E-state index contributed by atoms with van der Waals surface area (Å²) in [6.45, 7) is 5.88. The highest BCUT2D eigenvalue weighted by Gasteiger charge is 2.16. The normalized spacial score (nSPS) is 11.0. The van der Waals surface area contributed by atoms with E-state index in [9.17, 15) is 13.2 Å². The number of sulfonamides is 1. The second kappa shape index (κ2) is 6.39. The van der Waals surface area contributed by atoms with Crippen molar-refractivity contribution in [1.82, 2.24) is 10.0 Å². The van der Waals surface area contributed by atoms with Crippen molar-refractivity contribution < 1.29 is 13.2 Å². The van der Waals surface area contributed by atoms with Crippen LogP contribution in [-0.2, 0) is 10.0 Å². The number of nitrogens with one attached hydrogen (secondary N) is 2. The summed E-state index contributed by atoms with van der Waals surface area (Å²) in [7, 11) is -3.79. The average Bonchev–Trinajstić information content (AvgIpc) is 2.29. The molecule has 1 aromatic carbocycles. The monoisotopic (exact) mass is 269 g/mol. The van der Waals surface area contributed by atoms with Crippen LogP contribution in [0.2, 0.25) is 0 Å². The number of carbonyl (C=O) groups is 1. The van der Waals surface area contributed by atoms with Gasteiger partial charge in [-0.05, 0) is 25.5 Å². The van der Waals surface area contributed by atoms with Gasteiger partial charge in [-0.1, -0.05) is 31.0 Å². The molecular weight excluding hydrogens is 252 g/mol. The molecule has 5 nitrogen and oxygen atoms in total. The van der Waals surface area contributed by atoms with E-state index in [0.29, 0.717) is 19.4 Å². The van der Waals surface area contributed by atoms with Crippen LogP contribution in [0, 0.1) is 13.8 Å². The second-order valence-electron chi connectivity index (χ2n) is 3.88. The standard InChI is InChI=1S/C12H17N2O3S/c1-3-4-9-13-12(15)14-18(16,17)11-7-5-10(2)6-8-11/h5-8H,1,3-4,9H2,2H3,(H2,13,14,15). The first-order chi connectivity index (χ1) is 8.45. The van der Waals surface area contributed by atoms with E-state index in [4.69, 9.17) is 0 Å². The van der Waals surface area contributed by atoms with E-state index in [1.165, 1.54) is 12.1 Å². The van der Waals surface area contributed by atoms with Gasteiger partial charge >= 0.3 is 6.03 Å². The van der Waals surface area contributed by atoms with E-state index in [-0.39, 0.29) is 4.90 Å². The highest BCUT2D eigenvalue weighted by molar-refractivity contribution is 7.90. The van der Waals surface area contributed by atoms with E-state index in [1.807, 2.05) is 11.6 Å². The summed E-state index contributed by atoms with van der Waals surface area (Å²) in [6, 6.07) is 5.55. The summed E-state index contributed by atoms with van der Waals surface area (Å²) in [5, 5.41) is 2.45. The van der Waals surface area contributed by atoms with Crippen molar-refractivity contribution in [2.75, 3.05) is 6.54 Å². The van der Waals surface area contributed by atoms with Crippen LogP contribution < -0.4 is 10.0 Å². The van der Waals surface area contributed by atoms with Crippen LogP contribution in [-0.4, -0.2) is 21.0 Å². The van der Waals surface area contributed by atoms with E-state index < -0.39 is 16.1 Å². The van der Waals surface area contributed by atoms with Crippen molar-refractivity contribution in [3.8, 4) is 0 Å². The van der Waals surface area contributed by atoms with Crippen molar-refractivity contribution in [2.45, 2.75) is 24.7 Å². The molecule has 0 aliphatic heterocycles. The topological polar surface area (TPSA) is 75.3 Å². The Morgan fingerprint density at radius 1 is 1.28 bits per heavy atom. The summed E-state index contributed by atoms with van der Waals surface area (Å²) >= 11 is 0. The number of aryl methyl sites for hydroxylation is 1. The number of urea groups is 1. The fraction of sp³-hybridized carbons (Fsp3) is 0.333. The predicted molar refractivity (Wildman–Crippen MR) is 69.5 cm³/mol. The molecule has 6 heteroatoms. The first-order valence-electron chi connectivity index (χ1n) is 5.62. The number of amides is 2. The molecule has 0 spiro atoms. The van der Waals surface area contributed by atoms with Crippen LogP contribution in [0.25, 0.3) is 0 Å². The van der Waals surface area contributed by atoms with Gasteiger partial charge in [-0.25, -0.2) is 17.9 Å². The second-order valence-corrected chi connectivity index (χ2v) is 5.56. The van der Waals surface area contributed by atoms with Gasteiger partial charge in [-0.15, -0.1) is 0 Å².